The van der Waals surface area contributed by atoms with Crippen LogP contribution in [0.15, 0.2) is 0 Å². The molecule has 1 heterocycles. The summed E-state index contributed by atoms with van der Waals surface area (Å²) in [4.78, 5) is 25.3. The Kier molecular flexibility index (Phi) is 14.2. The molecule has 0 radical (unpaired) electrons. The Morgan fingerprint density at radius 1 is 1.00 bits per heavy atom. The van der Waals surface area contributed by atoms with E-state index in [-0.39, 0.29) is 5.91 Å². The zero-order valence-electron chi connectivity index (χ0n) is 18.3. The van der Waals surface area contributed by atoms with Gasteiger partial charge < -0.3 is 19.7 Å². The van der Waals surface area contributed by atoms with Crippen LogP contribution in [0.2, 0.25) is 0 Å². The zero-order chi connectivity index (χ0) is 20.6. The third-order valence-electron chi connectivity index (χ3n) is 5.61. The van der Waals surface area contributed by atoms with Crippen LogP contribution in [0, 0.1) is 11.8 Å². The van der Waals surface area contributed by atoms with Crippen molar-refractivity contribution in [3.63, 3.8) is 0 Å². The molecular formula is C22H42N2O4. The van der Waals surface area contributed by atoms with Gasteiger partial charge in [0.25, 0.3) is 0 Å². The number of carbonyl (C=O) groups is 2. The molecule has 1 saturated heterocycles. The first kappa shape index (κ1) is 25.1. The number of amides is 1. The summed E-state index contributed by atoms with van der Waals surface area (Å²) in [5, 5.41) is 3.22. The molecule has 1 atom stereocenters. The van der Waals surface area contributed by atoms with Crippen LogP contribution in [-0.2, 0) is 19.1 Å². The molecule has 0 spiro atoms. The third-order valence-corrected chi connectivity index (χ3v) is 5.61. The topological polar surface area (TPSA) is 67.9 Å². The fourth-order valence-electron chi connectivity index (χ4n) is 3.59. The smallest absolute Gasteiger partial charge is 0.224 e. The van der Waals surface area contributed by atoms with Gasteiger partial charge in [-0.3, -0.25) is 9.59 Å². The van der Waals surface area contributed by atoms with Gasteiger partial charge in [0, 0.05) is 44.6 Å². The fourth-order valence-corrected chi connectivity index (χ4v) is 3.59. The van der Waals surface area contributed by atoms with Crippen molar-refractivity contribution in [3.05, 3.63) is 0 Å². The van der Waals surface area contributed by atoms with Gasteiger partial charge in [-0.2, -0.15) is 0 Å². The Morgan fingerprint density at radius 2 is 1.64 bits per heavy atom. The molecule has 28 heavy (non-hydrogen) atoms. The van der Waals surface area contributed by atoms with Crippen molar-refractivity contribution in [2.24, 2.45) is 11.8 Å². The van der Waals surface area contributed by atoms with Gasteiger partial charge in [0.2, 0.25) is 5.91 Å². The molecule has 164 valence electrons. The summed E-state index contributed by atoms with van der Waals surface area (Å²) < 4.78 is 10.4. The first-order valence-electron chi connectivity index (χ1n) is 11.3. The maximum atomic E-state index is 11.7. The maximum absolute atomic E-state index is 11.7. The highest BCUT2D eigenvalue weighted by atomic mass is 16.5. The average molecular weight is 399 g/mol. The van der Waals surface area contributed by atoms with Gasteiger partial charge in [-0.25, -0.2) is 0 Å². The molecule has 2 rings (SSSR count). The molecule has 6 heteroatoms. The van der Waals surface area contributed by atoms with Crippen LogP contribution in [0.25, 0.3) is 0 Å². The number of carbonyl (C=O) groups excluding carboxylic acids is 2. The SMILES string of the molecule is CCC(C)C(=O)C1CCCCC1.CCOCCOCCC(=O)N1CCNCC1. The second-order valence-corrected chi connectivity index (χ2v) is 7.74. The number of ketones is 1. The van der Waals surface area contributed by atoms with E-state index in [2.05, 4.69) is 19.2 Å². The molecule has 6 nitrogen and oxygen atoms in total. The summed E-state index contributed by atoms with van der Waals surface area (Å²) >= 11 is 0. The van der Waals surface area contributed by atoms with E-state index in [0.29, 0.717) is 50.5 Å². The molecule has 0 aromatic carbocycles. The molecular weight excluding hydrogens is 356 g/mol. The molecule has 1 N–H and O–H groups in total. The van der Waals surface area contributed by atoms with E-state index in [0.717, 1.165) is 45.4 Å². The predicted molar refractivity (Wildman–Crippen MR) is 112 cm³/mol. The summed E-state index contributed by atoms with van der Waals surface area (Å²) in [6, 6.07) is 0. The van der Waals surface area contributed by atoms with Crippen molar-refractivity contribution in [2.45, 2.75) is 65.7 Å². The highest BCUT2D eigenvalue weighted by molar-refractivity contribution is 5.83. The Balaban J connectivity index is 0.000000292. The first-order chi connectivity index (χ1) is 13.6. The molecule has 0 bridgehead atoms. The maximum Gasteiger partial charge on any atom is 0.224 e. The summed E-state index contributed by atoms with van der Waals surface area (Å²) in [5.41, 5.74) is 0. The minimum Gasteiger partial charge on any atom is -0.379 e. The predicted octanol–water partition coefficient (Wildman–Crippen LogP) is 3.04. The van der Waals surface area contributed by atoms with Gasteiger partial charge in [0.05, 0.1) is 26.2 Å². The Bertz CT molecular complexity index is 419. The van der Waals surface area contributed by atoms with E-state index in [1.165, 1.54) is 19.3 Å². The lowest BCUT2D eigenvalue weighted by Crippen LogP contribution is -2.46. The summed E-state index contributed by atoms with van der Waals surface area (Å²) in [5.74, 6) is 1.43. The lowest BCUT2D eigenvalue weighted by molar-refractivity contribution is -0.133. The number of hydrogen-bond acceptors (Lipinski definition) is 5. The third kappa shape index (κ3) is 10.5. The summed E-state index contributed by atoms with van der Waals surface area (Å²) in [7, 11) is 0. The van der Waals surface area contributed by atoms with E-state index in [1.54, 1.807) is 0 Å². The highest BCUT2D eigenvalue weighted by Gasteiger charge is 2.24. The van der Waals surface area contributed by atoms with Gasteiger partial charge in [0.15, 0.2) is 0 Å². The standard InChI is InChI=1S/C11H22N2O3.C11H20O/c1-2-15-9-10-16-8-3-11(14)13-6-4-12-5-7-13;1-3-9(2)11(12)10-7-5-4-6-8-10/h12H,2-10H2,1H3;9-10H,3-8H2,1-2H3. The van der Waals surface area contributed by atoms with Gasteiger partial charge in [-0.1, -0.05) is 33.1 Å². The fraction of sp³-hybridized carbons (Fsp3) is 0.909. The lowest BCUT2D eigenvalue weighted by atomic mass is 9.81. The molecule has 0 aromatic heterocycles. The van der Waals surface area contributed by atoms with Crippen molar-refractivity contribution < 1.29 is 19.1 Å². The molecule has 1 saturated carbocycles. The minimum absolute atomic E-state index is 0.193. The van der Waals surface area contributed by atoms with Gasteiger partial charge in [0.1, 0.15) is 5.78 Å². The molecule has 1 aliphatic heterocycles. The van der Waals surface area contributed by atoms with Crippen LogP contribution in [0.3, 0.4) is 0 Å². The van der Waals surface area contributed by atoms with E-state index >= 15 is 0 Å². The number of rotatable bonds is 10. The van der Waals surface area contributed by atoms with Crippen LogP contribution >= 0.6 is 0 Å². The van der Waals surface area contributed by atoms with E-state index in [9.17, 15) is 9.59 Å². The van der Waals surface area contributed by atoms with E-state index in [1.807, 2.05) is 11.8 Å². The van der Waals surface area contributed by atoms with Crippen molar-refractivity contribution in [1.29, 1.82) is 0 Å². The molecule has 1 unspecified atom stereocenters. The number of Topliss-reactive ketones (excluding diaryl/α,β-unsaturated/α-hetero) is 1. The number of piperazine rings is 1. The minimum atomic E-state index is 0.193. The Labute approximate surface area is 171 Å². The molecule has 1 amide bonds. The van der Waals surface area contributed by atoms with Crippen molar-refractivity contribution in [2.75, 3.05) is 52.6 Å². The summed E-state index contributed by atoms with van der Waals surface area (Å²) in [6.45, 7) is 11.9. The largest absolute Gasteiger partial charge is 0.379 e. The molecule has 2 aliphatic rings. The lowest BCUT2D eigenvalue weighted by Gasteiger charge is -2.27. The Morgan fingerprint density at radius 3 is 2.25 bits per heavy atom. The number of nitrogens with one attached hydrogen (secondary N) is 1. The van der Waals surface area contributed by atoms with Gasteiger partial charge in [-0.05, 0) is 26.2 Å². The first-order valence-corrected chi connectivity index (χ1v) is 11.3. The molecule has 2 fully saturated rings. The second kappa shape index (κ2) is 15.9. The molecule has 1 aliphatic carbocycles. The number of nitrogens with zero attached hydrogens (tertiary/aromatic N) is 1. The monoisotopic (exact) mass is 398 g/mol. The second-order valence-electron chi connectivity index (χ2n) is 7.74. The summed E-state index contributed by atoms with van der Waals surface area (Å²) in [6.07, 6.45) is 7.68. The van der Waals surface area contributed by atoms with Gasteiger partial charge >= 0.3 is 0 Å². The van der Waals surface area contributed by atoms with Crippen molar-refractivity contribution in [1.82, 2.24) is 10.2 Å². The van der Waals surface area contributed by atoms with E-state index < -0.39 is 0 Å². The normalized spacial score (nSPS) is 18.9. The van der Waals surface area contributed by atoms with Gasteiger partial charge in [-0.15, -0.1) is 0 Å². The van der Waals surface area contributed by atoms with Crippen LogP contribution in [-0.4, -0.2) is 69.2 Å². The van der Waals surface area contributed by atoms with Crippen molar-refractivity contribution >= 4 is 11.7 Å². The van der Waals surface area contributed by atoms with Crippen LogP contribution < -0.4 is 5.32 Å². The zero-order valence-corrected chi connectivity index (χ0v) is 18.3. The molecule has 0 aromatic rings. The number of hydrogen-bond donors (Lipinski definition) is 1. The average Bonchev–Trinajstić information content (AvgIpc) is 2.76. The highest BCUT2D eigenvalue weighted by Crippen LogP contribution is 2.27. The van der Waals surface area contributed by atoms with Crippen LogP contribution in [0.5, 0.6) is 0 Å². The van der Waals surface area contributed by atoms with Crippen LogP contribution in [0.1, 0.15) is 65.7 Å². The number of ether oxygens (including phenoxy) is 2. The van der Waals surface area contributed by atoms with E-state index in [4.69, 9.17) is 9.47 Å². The van der Waals surface area contributed by atoms with Crippen molar-refractivity contribution in [3.8, 4) is 0 Å². The Hall–Kier alpha value is -0.980. The van der Waals surface area contributed by atoms with Crippen LogP contribution in [0.4, 0.5) is 0 Å². The quantitative estimate of drug-likeness (QED) is 0.573.